The van der Waals surface area contributed by atoms with Gasteiger partial charge in [-0.05, 0) is 48.6 Å². The third kappa shape index (κ3) is 10.3. The number of hydrogen-bond donors (Lipinski definition) is 3. The van der Waals surface area contributed by atoms with Crippen LogP contribution in [-0.4, -0.2) is 48.2 Å². The van der Waals surface area contributed by atoms with Gasteiger partial charge in [0, 0.05) is 6.42 Å². The Balaban J connectivity index is 1.71. The standard InChI is InChI=1S/C33H44N2O5/c1-33(2,3)29-23-40-32(39)27(19-24-13-7-4-8-14-24)18-12-6-11-17-26(31(38)35-29)21-30(37)34-28(22-36)20-25-15-9-5-10-16-25/h4-11,13-16,26-29,36H,12,17-23H2,1-3H3,(H,34,37)(H,35,38)/t26-,27-,28-,29-/m1/s1. The molecular formula is C33H44N2O5. The molecule has 3 rings (SSSR count). The van der Waals surface area contributed by atoms with E-state index in [0.29, 0.717) is 32.1 Å². The topological polar surface area (TPSA) is 105 Å². The van der Waals surface area contributed by atoms with Gasteiger partial charge in [-0.15, -0.1) is 0 Å². The number of hydrogen-bond acceptors (Lipinski definition) is 5. The van der Waals surface area contributed by atoms with Gasteiger partial charge in [0.2, 0.25) is 11.8 Å². The van der Waals surface area contributed by atoms with E-state index in [1.807, 2.05) is 93.6 Å². The van der Waals surface area contributed by atoms with Crippen LogP contribution in [0, 0.1) is 17.3 Å². The summed E-state index contributed by atoms with van der Waals surface area (Å²) >= 11 is 0. The summed E-state index contributed by atoms with van der Waals surface area (Å²) in [6, 6.07) is 18.7. The summed E-state index contributed by atoms with van der Waals surface area (Å²) in [6.45, 7) is 5.83. The van der Waals surface area contributed by atoms with Crippen LogP contribution in [0.15, 0.2) is 72.8 Å². The summed E-state index contributed by atoms with van der Waals surface area (Å²) in [7, 11) is 0. The Hall–Kier alpha value is -3.45. The van der Waals surface area contributed by atoms with Gasteiger partial charge in [0.1, 0.15) is 6.61 Å². The van der Waals surface area contributed by atoms with Crippen LogP contribution >= 0.6 is 0 Å². The molecule has 1 heterocycles. The molecule has 0 aromatic heterocycles. The van der Waals surface area contributed by atoms with E-state index in [9.17, 15) is 19.5 Å². The van der Waals surface area contributed by atoms with E-state index in [1.165, 1.54) is 0 Å². The lowest BCUT2D eigenvalue weighted by Gasteiger charge is -2.32. The first-order valence-electron chi connectivity index (χ1n) is 14.3. The number of aliphatic hydroxyl groups excluding tert-OH is 1. The number of rotatable bonds is 8. The maximum atomic E-state index is 13.4. The smallest absolute Gasteiger partial charge is 0.309 e. The molecule has 0 unspecified atom stereocenters. The zero-order valence-corrected chi connectivity index (χ0v) is 24.0. The summed E-state index contributed by atoms with van der Waals surface area (Å²) in [6.07, 6.45) is 6.70. The van der Waals surface area contributed by atoms with Crippen molar-refractivity contribution < 1.29 is 24.2 Å². The van der Waals surface area contributed by atoms with E-state index in [-0.39, 0.29) is 48.8 Å². The quantitative estimate of drug-likeness (QED) is 0.335. The third-order valence-corrected chi connectivity index (χ3v) is 7.39. The summed E-state index contributed by atoms with van der Waals surface area (Å²) < 4.78 is 5.78. The fraction of sp³-hybridized carbons (Fsp3) is 0.485. The molecule has 7 heteroatoms. The molecule has 1 aliphatic heterocycles. The highest BCUT2D eigenvalue weighted by Crippen LogP contribution is 2.24. The normalized spacial score (nSPS) is 21.6. The molecule has 0 saturated heterocycles. The minimum absolute atomic E-state index is 0.00521. The number of nitrogens with one attached hydrogen (secondary N) is 2. The largest absolute Gasteiger partial charge is 0.463 e. The number of carbonyl (C=O) groups excluding carboxylic acids is 3. The summed E-state index contributed by atoms with van der Waals surface area (Å²) in [4.78, 5) is 39.5. The van der Waals surface area contributed by atoms with Crippen LogP contribution in [-0.2, 0) is 32.0 Å². The molecule has 2 amide bonds. The molecule has 216 valence electrons. The number of ether oxygens (including phenoxy) is 1. The van der Waals surface area contributed by atoms with Crippen molar-refractivity contribution >= 4 is 17.8 Å². The van der Waals surface area contributed by atoms with Gasteiger partial charge in [0.15, 0.2) is 0 Å². The van der Waals surface area contributed by atoms with Crippen LogP contribution in [0.25, 0.3) is 0 Å². The second kappa shape index (κ2) is 15.4. The lowest BCUT2D eigenvalue weighted by Crippen LogP contribution is -2.50. The Morgan fingerprint density at radius 2 is 1.65 bits per heavy atom. The number of esters is 1. The van der Waals surface area contributed by atoms with E-state index < -0.39 is 18.0 Å². The van der Waals surface area contributed by atoms with Crippen molar-refractivity contribution in [2.75, 3.05) is 13.2 Å². The van der Waals surface area contributed by atoms with Gasteiger partial charge < -0.3 is 20.5 Å². The first-order valence-corrected chi connectivity index (χ1v) is 14.3. The van der Waals surface area contributed by atoms with Crippen molar-refractivity contribution in [1.82, 2.24) is 10.6 Å². The van der Waals surface area contributed by atoms with E-state index >= 15 is 0 Å². The van der Waals surface area contributed by atoms with E-state index in [4.69, 9.17) is 4.74 Å². The lowest BCUT2D eigenvalue weighted by atomic mass is 9.86. The Morgan fingerprint density at radius 3 is 2.27 bits per heavy atom. The number of carbonyl (C=O) groups is 3. The molecule has 40 heavy (non-hydrogen) atoms. The number of allylic oxidation sites excluding steroid dienone is 2. The Bertz CT molecular complexity index is 1110. The predicted octanol–water partition coefficient (Wildman–Crippen LogP) is 4.39. The van der Waals surface area contributed by atoms with Gasteiger partial charge in [-0.25, -0.2) is 0 Å². The number of aliphatic hydroxyl groups is 1. The molecule has 0 aliphatic carbocycles. The zero-order chi connectivity index (χ0) is 29.0. The molecule has 4 atom stereocenters. The first kappa shape index (κ1) is 31.1. The zero-order valence-electron chi connectivity index (χ0n) is 24.0. The lowest BCUT2D eigenvalue weighted by molar-refractivity contribution is -0.151. The van der Waals surface area contributed by atoms with Crippen LogP contribution in [0.4, 0.5) is 0 Å². The number of amides is 2. The van der Waals surface area contributed by atoms with Crippen LogP contribution in [0.3, 0.4) is 0 Å². The molecule has 7 nitrogen and oxygen atoms in total. The molecule has 3 N–H and O–H groups in total. The molecular weight excluding hydrogens is 504 g/mol. The molecule has 2 aromatic carbocycles. The fourth-order valence-electron chi connectivity index (χ4n) is 4.81. The SMILES string of the molecule is CC(C)(C)[C@H]1COC(=O)[C@@H](Cc2ccccc2)CCC=CC[C@H](CC(=O)N[C@@H](CO)Cc2ccccc2)C(=O)N1. The van der Waals surface area contributed by atoms with E-state index in [2.05, 4.69) is 10.6 Å². The van der Waals surface area contributed by atoms with Gasteiger partial charge in [0.05, 0.1) is 30.5 Å². The first-order chi connectivity index (χ1) is 19.2. The number of cyclic esters (lactones) is 1. The van der Waals surface area contributed by atoms with Crippen LogP contribution in [0.5, 0.6) is 0 Å². The Morgan fingerprint density at radius 1 is 1.00 bits per heavy atom. The summed E-state index contributed by atoms with van der Waals surface area (Å²) in [5.74, 6) is -1.67. The molecule has 0 saturated carbocycles. The van der Waals surface area contributed by atoms with E-state index in [1.54, 1.807) is 0 Å². The molecule has 1 aliphatic rings. The summed E-state index contributed by atoms with van der Waals surface area (Å²) in [5.41, 5.74) is 1.72. The van der Waals surface area contributed by atoms with Crippen molar-refractivity contribution in [2.45, 2.75) is 71.4 Å². The minimum atomic E-state index is -0.589. The Labute approximate surface area is 238 Å². The van der Waals surface area contributed by atoms with Gasteiger partial charge in [-0.3, -0.25) is 14.4 Å². The van der Waals surface area contributed by atoms with Crippen molar-refractivity contribution in [3.63, 3.8) is 0 Å². The molecule has 0 bridgehead atoms. The predicted molar refractivity (Wildman–Crippen MR) is 156 cm³/mol. The van der Waals surface area contributed by atoms with Crippen LogP contribution in [0.1, 0.15) is 57.6 Å². The number of benzene rings is 2. The highest BCUT2D eigenvalue weighted by molar-refractivity contribution is 5.86. The van der Waals surface area contributed by atoms with Crippen LogP contribution < -0.4 is 10.6 Å². The van der Waals surface area contributed by atoms with Crippen molar-refractivity contribution in [3.05, 3.63) is 83.9 Å². The van der Waals surface area contributed by atoms with Gasteiger partial charge in [0.25, 0.3) is 0 Å². The van der Waals surface area contributed by atoms with Gasteiger partial charge >= 0.3 is 5.97 Å². The average Bonchev–Trinajstić information content (AvgIpc) is 2.94. The summed E-state index contributed by atoms with van der Waals surface area (Å²) in [5, 5.41) is 15.8. The highest BCUT2D eigenvalue weighted by atomic mass is 16.5. The fourth-order valence-corrected chi connectivity index (χ4v) is 4.81. The maximum Gasteiger partial charge on any atom is 0.309 e. The highest BCUT2D eigenvalue weighted by Gasteiger charge is 2.32. The van der Waals surface area contributed by atoms with Crippen molar-refractivity contribution in [1.29, 1.82) is 0 Å². The second-order valence-corrected chi connectivity index (χ2v) is 11.8. The van der Waals surface area contributed by atoms with Crippen molar-refractivity contribution in [2.24, 2.45) is 17.3 Å². The van der Waals surface area contributed by atoms with Crippen LogP contribution in [0.2, 0.25) is 0 Å². The van der Waals surface area contributed by atoms with Gasteiger partial charge in [-0.2, -0.15) is 0 Å². The second-order valence-electron chi connectivity index (χ2n) is 11.8. The third-order valence-electron chi connectivity index (χ3n) is 7.39. The molecule has 0 fully saturated rings. The molecule has 0 radical (unpaired) electrons. The van der Waals surface area contributed by atoms with Gasteiger partial charge in [-0.1, -0.05) is 93.6 Å². The monoisotopic (exact) mass is 548 g/mol. The van der Waals surface area contributed by atoms with E-state index in [0.717, 1.165) is 11.1 Å². The molecule has 2 aromatic rings. The Kier molecular flexibility index (Phi) is 11.9. The minimum Gasteiger partial charge on any atom is -0.463 e. The average molecular weight is 549 g/mol. The van der Waals surface area contributed by atoms with Crippen molar-refractivity contribution in [3.8, 4) is 0 Å². The molecule has 0 spiro atoms. The maximum absolute atomic E-state index is 13.4.